The van der Waals surface area contributed by atoms with Crippen molar-refractivity contribution in [2.24, 2.45) is 0 Å². The van der Waals surface area contributed by atoms with Crippen LogP contribution in [0, 0.1) is 0 Å². The fourth-order valence-electron chi connectivity index (χ4n) is 0.205. The number of allylic oxidation sites excluding steroid dienone is 1. The van der Waals surface area contributed by atoms with Crippen molar-refractivity contribution < 1.29 is 64.3 Å². The molecule has 46 valence electrons. The molecule has 0 N–H and O–H groups in total. The van der Waals surface area contributed by atoms with Crippen molar-refractivity contribution in [3.8, 4) is 0 Å². The van der Waals surface area contributed by atoms with E-state index >= 15 is 0 Å². The maximum Gasteiger partial charge on any atom is 1.00 e. The summed E-state index contributed by atoms with van der Waals surface area (Å²) in [5, 5.41) is 0. The molecular weight excluding hydrogens is 155 g/mol. The molecule has 0 atom stereocenters. The molecule has 0 nitrogen and oxygen atoms in total. The monoisotopic (exact) mass is 160 g/mol. The molecule has 0 aliphatic heterocycles. The van der Waals surface area contributed by atoms with Crippen LogP contribution in [0.5, 0.6) is 0 Å². The van der Waals surface area contributed by atoms with Gasteiger partial charge in [-0.05, 0) is 13.0 Å². The summed E-state index contributed by atoms with van der Waals surface area (Å²) in [4.78, 5) is 0. The van der Waals surface area contributed by atoms with Gasteiger partial charge in [0.1, 0.15) is 0 Å². The van der Waals surface area contributed by atoms with E-state index in [0.717, 1.165) is 0 Å². The summed E-state index contributed by atoms with van der Waals surface area (Å²) >= 11 is 0. The van der Waals surface area contributed by atoms with Crippen LogP contribution < -0.4 is 51.4 Å². The first kappa shape index (κ1) is 12.7. The van der Waals surface area contributed by atoms with Gasteiger partial charge in [0.2, 0.25) is 0 Å². The van der Waals surface area contributed by atoms with Crippen LogP contribution in [0.2, 0.25) is 0 Å². The molecule has 0 unspecified atom stereocenters. The van der Waals surface area contributed by atoms with Crippen LogP contribution in [0.4, 0.5) is 12.9 Å². The molecule has 0 heterocycles. The van der Waals surface area contributed by atoms with Gasteiger partial charge in [-0.3, -0.25) is 0 Å². The number of hydrogen-bond acceptors (Lipinski definition) is 0. The molecule has 0 saturated heterocycles. The van der Waals surface area contributed by atoms with E-state index < -0.39 is 6.98 Å². The third kappa shape index (κ3) is 12.3. The minimum atomic E-state index is -4.77. The Morgan fingerprint density at radius 2 is 1.78 bits per heavy atom. The van der Waals surface area contributed by atoms with E-state index in [-0.39, 0.29) is 57.4 Å². The third-order valence-corrected chi connectivity index (χ3v) is 0.452. The molecule has 0 fully saturated rings. The summed E-state index contributed by atoms with van der Waals surface area (Å²) in [5.41, 5.74) is 1.94. The van der Waals surface area contributed by atoms with Crippen molar-refractivity contribution >= 4 is 6.98 Å². The van der Waals surface area contributed by atoms with Gasteiger partial charge in [-0.2, -0.15) is 5.73 Å². The summed E-state index contributed by atoms with van der Waals surface area (Å²) in [6.45, 7) is -3.28. The fourth-order valence-corrected chi connectivity index (χ4v) is 0.205. The molecule has 0 aromatic rings. The minimum Gasteiger partial charge on any atom is -0.445 e. The first-order valence-electron chi connectivity index (χ1n) is 2.14. The van der Waals surface area contributed by atoms with Crippen LogP contribution in [0.3, 0.4) is 0 Å². The Bertz CT molecular complexity index is 122. The normalized spacial score (nSPS) is 8.89. The van der Waals surface area contributed by atoms with Crippen LogP contribution in [-0.4, -0.2) is 6.98 Å². The van der Waals surface area contributed by atoms with Crippen LogP contribution in [-0.2, 0) is 0 Å². The Balaban J connectivity index is 0. The Labute approximate surface area is 94.7 Å². The predicted octanol–water partition coefficient (Wildman–Crippen LogP) is -0.892. The van der Waals surface area contributed by atoms with Crippen molar-refractivity contribution in [1.82, 2.24) is 0 Å². The Morgan fingerprint density at radius 3 is 1.89 bits per heavy atom. The van der Waals surface area contributed by atoms with Gasteiger partial charge in [0.15, 0.2) is 0 Å². The summed E-state index contributed by atoms with van der Waals surface area (Å²) in [5.74, 6) is 0.125. The van der Waals surface area contributed by atoms with Crippen molar-refractivity contribution in [3.63, 3.8) is 0 Å². The van der Waals surface area contributed by atoms with Gasteiger partial charge in [-0.25, -0.2) is 0 Å². The summed E-state index contributed by atoms with van der Waals surface area (Å²) in [6.07, 6.45) is 1.22. The maximum atomic E-state index is 11.2. The van der Waals surface area contributed by atoms with Crippen molar-refractivity contribution in [2.45, 2.75) is 6.92 Å². The largest absolute Gasteiger partial charge is 1.00 e. The van der Waals surface area contributed by atoms with E-state index in [9.17, 15) is 12.9 Å². The Hall–Kier alpha value is 1.01. The number of hydrogen-bond donors (Lipinski definition) is 0. The fraction of sp³-hybridized carbons (Fsp3) is 0.250. The maximum absolute atomic E-state index is 11.2. The molecule has 0 amide bonds. The van der Waals surface area contributed by atoms with Gasteiger partial charge >= 0.3 is 58.4 Å². The van der Waals surface area contributed by atoms with Crippen molar-refractivity contribution in [1.29, 1.82) is 0 Å². The smallest absolute Gasteiger partial charge is 0.445 e. The second-order valence-electron chi connectivity index (χ2n) is 1.25. The van der Waals surface area contributed by atoms with Crippen molar-refractivity contribution in [2.75, 3.05) is 0 Å². The van der Waals surface area contributed by atoms with Gasteiger partial charge < -0.3 is 12.9 Å². The topological polar surface area (TPSA) is 0 Å². The SMILES string of the molecule is CC=C=C[B-](F)(F)F.[K+]. The summed E-state index contributed by atoms with van der Waals surface area (Å²) in [6, 6.07) is 0. The average Bonchev–Trinajstić information content (AvgIpc) is 1.59. The average molecular weight is 160 g/mol. The Morgan fingerprint density at radius 1 is 1.33 bits per heavy atom. The zero-order chi connectivity index (χ0) is 6.62. The molecule has 0 radical (unpaired) electrons. The molecule has 0 aromatic heterocycles. The standard InChI is InChI=1S/C4H5BF3.K/c1-2-3-4-5(6,7)8;/h2,4H,1H3;/q-1;+1. The van der Waals surface area contributed by atoms with Gasteiger partial charge in [0.05, 0.1) is 0 Å². The van der Waals surface area contributed by atoms with E-state index in [2.05, 4.69) is 0 Å². The molecule has 0 bridgehead atoms. The molecule has 5 heteroatoms. The second kappa shape index (κ2) is 5.77. The molecule has 0 aliphatic rings. The summed E-state index contributed by atoms with van der Waals surface area (Å²) in [7, 11) is 0. The number of rotatable bonds is 1. The molecule has 9 heavy (non-hydrogen) atoms. The van der Waals surface area contributed by atoms with Gasteiger partial charge in [0, 0.05) is 0 Å². The van der Waals surface area contributed by atoms with Crippen molar-refractivity contribution in [3.05, 3.63) is 17.8 Å². The molecule has 0 saturated carbocycles. The van der Waals surface area contributed by atoms with Gasteiger partial charge in [-0.15, -0.1) is 5.98 Å². The zero-order valence-electron chi connectivity index (χ0n) is 5.37. The molecular formula is C4H5BF3K. The first-order valence-corrected chi connectivity index (χ1v) is 2.14. The van der Waals surface area contributed by atoms with Crippen LogP contribution in [0.25, 0.3) is 0 Å². The van der Waals surface area contributed by atoms with E-state index in [1.54, 1.807) is 0 Å². The third-order valence-electron chi connectivity index (χ3n) is 0.452. The summed E-state index contributed by atoms with van der Waals surface area (Å²) < 4.78 is 33.5. The van der Waals surface area contributed by atoms with E-state index in [1.165, 1.54) is 13.0 Å². The van der Waals surface area contributed by atoms with Crippen LogP contribution in [0.1, 0.15) is 6.92 Å². The van der Waals surface area contributed by atoms with E-state index in [4.69, 9.17) is 0 Å². The molecule has 0 spiro atoms. The molecule has 0 rings (SSSR count). The quantitative estimate of drug-likeness (QED) is 0.344. The van der Waals surface area contributed by atoms with Gasteiger partial charge in [-0.1, -0.05) is 0 Å². The van der Waals surface area contributed by atoms with Crippen LogP contribution >= 0.6 is 0 Å². The minimum absolute atomic E-state index is 0. The first-order chi connectivity index (χ1) is 3.56. The molecule has 0 aliphatic carbocycles. The Kier molecular flexibility index (Phi) is 8.12. The van der Waals surface area contributed by atoms with E-state index in [0.29, 0.717) is 0 Å². The van der Waals surface area contributed by atoms with E-state index in [1.807, 2.05) is 5.73 Å². The zero-order valence-corrected chi connectivity index (χ0v) is 8.49. The molecule has 0 aromatic carbocycles. The second-order valence-corrected chi connectivity index (χ2v) is 1.25. The van der Waals surface area contributed by atoms with Crippen LogP contribution in [0.15, 0.2) is 17.8 Å². The number of halogens is 3. The van der Waals surface area contributed by atoms with Gasteiger partial charge in [0.25, 0.3) is 0 Å². The predicted molar refractivity (Wildman–Crippen MR) is 27.4 cm³/mol.